The zero-order chi connectivity index (χ0) is 14.1. The minimum atomic E-state index is 0.101. The Kier molecular flexibility index (Phi) is 3.41. The van der Waals surface area contributed by atoms with Gasteiger partial charge in [-0.2, -0.15) is 0 Å². The molecule has 1 aromatic heterocycles. The highest BCUT2D eigenvalue weighted by Gasteiger charge is 2.16. The van der Waals surface area contributed by atoms with Gasteiger partial charge in [-0.3, -0.25) is 0 Å². The highest BCUT2D eigenvalue weighted by atomic mass is 35.5. The van der Waals surface area contributed by atoms with Crippen LogP contribution in [0.4, 0.5) is 5.69 Å². The second kappa shape index (κ2) is 5.22. The molecule has 0 radical (unpaired) electrons. The molecule has 2 nitrogen and oxygen atoms in total. The topological polar surface area (TPSA) is 25.2 Å². The van der Waals surface area contributed by atoms with Gasteiger partial charge in [-0.05, 0) is 44.2 Å². The summed E-state index contributed by atoms with van der Waals surface area (Å²) in [6.07, 6.45) is 0. The van der Waals surface area contributed by atoms with Crippen LogP contribution in [0.5, 0.6) is 0 Å². The van der Waals surface area contributed by atoms with Gasteiger partial charge >= 0.3 is 0 Å². The van der Waals surface area contributed by atoms with E-state index in [0.29, 0.717) is 0 Å². The predicted molar refractivity (Wildman–Crippen MR) is 84.4 cm³/mol. The summed E-state index contributed by atoms with van der Waals surface area (Å²) in [5.41, 5.74) is 3.15. The van der Waals surface area contributed by atoms with Crippen molar-refractivity contribution < 1.29 is 4.42 Å². The summed E-state index contributed by atoms with van der Waals surface area (Å²) in [4.78, 5) is 0. The molecule has 3 aromatic rings. The lowest BCUT2D eigenvalue weighted by molar-refractivity contribution is 0.522. The van der Waals surface area contributed by atoms with Gasteiger partial charge in [0.05, 0.1) is 6.04 Å². The SMILES string of the molecule is Cc1c(C(C)Nc2ccc(Cl)cc2)oc2ccccc12. The molecule has 3 rings (SSSR count). The molecular weight excluding hydrogens is 270 g/mol. The van der Waals surface area contributed by atoms with Gasteiger partial charge in [-0.1, -0.05) is 29.8 Å². The molecular formula is C17H16ClNO. The van der Waals surface area contributed by atoms with Crippen LogP contribution in [0.25, 0.3) is 11.0 Å². The Hall–Kier alpha value is -1.93. The number of anilines is 1. The standard InChI is InChI=1S/C17H16ClNO/c1-11-15-5-3-4-6-16(15)20-17(11)12(2)19-14-9-7-13(18)8-10-14/h3-10,12,19H,1-2H3. The van der Waals surface area contributed by atoms with Gasteiger partial charge in [0.25, 0.3) is 0 Å². The Morgan fingerprint density at radius 3 is 2.45 bits per heavy atom. The van der Waals surface area contributed by atoms with Gasteiger partial charge in [0, 0.05) is 21.7 Å². The fourth-order valence-corrected chi connectivity index (χ4v) is 2.59. The minimum absolute atomic E-state index is 0.101. The summed E-state index contributed by atoms with van der Waals surface area (Å²) in [6.45, 7) is 4.19. The monoisotopic (exact) mass is 285 g/mol. The molecule has 0 bridgehead atoms. The number of nitrogens with one attached hydrogen (secondary N) is 1. The van der Waals surface area contributed by atoms with Gasteiger partial charge in [-0.15, -0.1) is 0 Å². The lowest BCUT2D eigenvalue weighted by Crippen LogP contribution is -2.06. The second-order valence-corrected chi connectivity index (χ2v) is 5.40. The van der Waals surface area contributed by atoms with E-state index >= 15 is 0 Å². The zero-order valence-electron chi connectivity index (χ0n) is 11.5. The Bertz CT molecular complexity index is 730. The van der Waals surface area contributed by atoms with Crippen LogP contribution in [-0.2, 0) is 0 Å². The maximum absolute atomic E-state index is 5.97. The fourth-order valence-electron chi connectivity index (χ4n) is 2.47. The van der Waals surface area contributed by atoms with Crippen molar-refractivity contribution in [2.45, 2.75) is 19.9 Å². The average molecular weight is 286 g/mol. The van der Waals surface area contributed by atoms with E-state index < -0.39 is 0 Å². The summed E-state index contributed by atoms with van der Waals surface area (Å²) in [7, 11) is 0. The van der Waals surface area contributed by atoms with Crippen LogP contribution >= 0.6 is 11.6 Å². The number of benzene rings is 2. The Labute approximate surface area is 123 Å². The van der Waals surface area contributed by atoms with Crippen molar-refractivity contribution in [3.8, 4) is 0 Å². The van der Waals surface area contributed by atoms with Crippen LogP contribution in [0.15, 0.2) is 52.9 Å². The Morgan fingerprint density at radius 1 is 1.05 bits per heavy atom. The summed E-state index contributed by atoms with van der Waals surface area (Å²) in [5.74, 6) is 0.973. The molecule has 0 saturated carbocycles. The van der Waals surface area contributed by atoms with Crippen LogP contribution in [0, 0.1) is 6.92 Å². The van der Waals surface area contributed by atoms with Crippen molar-refractivity contribution in [1.82, 2.24) is 0 Å². The predicted octanol–water partition coefficient (Wildman–Crippen LogP) is 5.57. The molecule has 0 fully saturated rings. The van der Waals surface area contributed by atoms with Gasteiger partial charge in [0.1, 0.15) is 11.3 Å². The number of hydrogen-bond acceptors (Lipinski definition) is 2. The maximum Gasteiger partial charge on any atom is 0.134 e. The van der Waals surface area contributed by atoms with E-state index in [0.717, 1.165) is 22.1 Å². The summed E-state index contributed by atoms with van der Waals surface area (Å²) < 4.78 is 5.97. The summed E-state index contributed by atoms with van der Waals surface area (Å²) in [6, 6.07) is 15.9. The van der Waals surface area contributed by atoms with Gasteiger partial charge in [-0.25, -0.2) is 0 Å². The molecule has 0 aliphatic rings. The molecule has 0 aliphatic carbocycles. The largest absolute Gasteiger partial charge is 0.459 e. The molecule has 20 heavy (non-hydrogen) atoms. The molecule has 1 atom stereocenters. The first-order valence-electron chi connectivity index (χ1n) is 6.65. The third kappa shape index (κ3) is 2.39. The van der Waals surface area contributed by atoms with Crippen LogP contribution in [0.3, 0.4) is 0 Å². The first-order valence-corrected chi connectivity index (χ1v) is 7.03. The third-order valence-electron chi connectivity index (χ3n) is 3.50. The Morgan fingerprint density at radius 2 is 1.75 bits per heavy atom. The van der Waals surface area contributed by atoms with Gasteiger partial charge in [0.15, 0.2) is 0 Å². The highest BCUT2D eigenvalue weighted by Crippen LogP contribution is 2.31. The summed E-state index contributed by atoms with van der Waals surface area (Å²) in [5, 5.41) is 5.35. The van der Waals surface area contributed by atoms with E-state index in [9.17, 15) is 0 Å². The molecule has 102 valence electrons. The molecule has 3 heteroatoms. The lowest BCUT2D eigenvalue weighted by Gasteiger charge is -2.14. The van der Waals surface area contributed by atoms with Crippen molar-refractivity contribution in [3.05, 3.63) is 64.9 Å². The number of furan rings is 1. The van der Waals surface area contributed by atoms with Crippen LogP contribution in [-0.4, -0.2) is 0 Å². The maximum atomic E-state index is 5.97. The first-order chi connectivity index (χ1) is 9.65. The molecule has 0 amide bonds. The zero-order valence-corrected chi connectivity index (χ0v) is 12.2. The number of hydrogen-bond donors (Lipinski definition) is 1. The third-order valence-corrected chi connectivity index (χ3v) is 3.75. The van der Waals surface area contributed by atoms with Crippen LogP contribution in [0.2, 0.25) is 5.02 Å². The highest BCUT2D eigenvalue weighted by molar-refractivity contribution is 6.30. The van der Waals surface area contributed by atoms with Crippen LogP contribution < -0.4 is 5.32 Å². The first kappa shape index (κ1) is 13.1. The van der Waals surface area contributed by atoms with Crippen molar-refractivity contribution in [1.29, 1.82) is 0 Å². The molecule has 0 aliphatic heterocycles. The van der Waals surface area contributed by atoms with Crippen LogP contribution in [0.1, 0.15) is 24.3 Å². The fraction of sp³-hybridized carbons (Fsp3) is 0.176. The number of halogens is 1. The normalized spacial score (nSPS) is 12.6. The number of fused-ring (bicyclic) bond motifs is 1. The van der Waals surface area contributed by atoms with Crippen molar-refractivity contribution >= 4 is 28.3 Å². The Balaban J connectivity index is 1.90. The van der Waals surface area contributed by atoms with Crippen molar-refractivity contribution in [3.63, 3.8) is 0 Å². The second-order valence-electron chi connectivity index (χ2n) is 4.96. The molecule has 0 spiro atoms. The van der Waals surface area contributed by atoms with Gasteiger partial charge < -0.3 is 9.73 Å². The minimum Gasteiger partial charge on any atom is -0.459 e. The van der Waals surface area contributed by atoms with Gasteiger partial charge in [0.2, 0.25) is 0 Å². The van der Waals surface area contributed by atoms with Crippen molar-refractivity contribution in [2.24, 2.45) is 0 Å². The number of aryl methyl sites for hydroxylation is 1. The van der Waals surface area contributed by atoms with E-state index in [1.807, 2.05) is 42.5 Å². The molecule has 1 unspecified atom stereocenters. The molecule has 2 aromatic carbocycles. The van der Waals surface area contributed by atoms with E-state index in [2.05, 4.69) is 25.2 Å². The van der Waals surface area contributed by atoms with E-state index in [-0.39, 0.29) is 6.04 Å². The number of para-hydroxylation sites is 1. The lowest BCUT2D eigenvalue weighted by atomic mass is 10.1. The summed E-state index contributed by atoms with van der Waals surface area (Å²) >= 11 is 5.90. The van der Waals surface area contributed by atoms with E-state index in [4.69, 9.17) is 16.0 Å². The number of rotatable bonds is 3. The van der Waals surface area contributed by atoms with E-state index in [1.54, 1.807) is 0 Å². The van der Waals surface area contributed by atoms with Crippen molar-refractivity contribution in [2.75, 3.05) is 5.32 Å². The molecule has 1 heterocycles. The average Bonchev–Trinajstić information content (AvgIpc) is 2.79. The molecule has 1 N–H and O–H groups in total. The smallest absolute Gasteiger partial charge is 0.134 e. The quantitative estimate of drug-likeness (QED) is 0.681. The van der Waals surface area contributed by atoms with E-state index in [1.165, 1.54) is 10.9 Å². The molecule has 0 saturated heterocycles.